The van der Waals surface area contributed by atoms with Crippen molar-refractivity contribution in [3.63, 3.8) is 0 Å². The molecule has 1 aliphatic heterocycles. The van der Waals surface area contributed by atoms with Gasteiger partial charge >= 0.3 is 0 Å². The average molecular weight is 180 g/mol. The Morgan fingerprint density at radius 2 is 1.92 bits per heavy atom. The summed E-state index contributed by atoms with van der Waals surface area (Å²) in [5.74, 6) is 0. The van der Waals surface area contributed by atoms with E-state index in [2.05, 4.69) is 0 Å². The molecule has 0 radical (unpaired) electrons. The van der Waals surface area contributed by atoms with E-state index in [-0.39, 0.29) is 0 Å². The normalized spacial score (nSPS) is 49.2. The maximum absolute atomic E-state index is 13.0. The average Bonchev–Trinajstić information content (AvgIpc) is 2.08. The predicted octanol–water partition coefficient (Wildman–Crippen LogP) is -1.17. The van der Waals surface area contributed by atoms with Crippen LogP contribution in [-0.4, -0.2) is 52.5 Å². The molecule has 1 saturated heterocycles. The molecule has 1 rings (SSSR count). The summed E-state index contributed by atoms with van der Waals surface area (Å²) in [4.78, 5) is 0. The Labute approximate surface area is 69.6 Å². The molecule has 3 unspecified atom stereocenters. The molecule has 0 bridgehead atoms. The van der Waals surface area contributed by atoms with E-state index in [1.807, 2.05) is 0 Å². The summed E-state index contributed by atoms with van der Waals surface area (Å²) in [6, 6.07) is 0. The minimum atomic E-state index is -1.72. The smallest absolute Gasteiger partial charge is 0.157 e. The second kappa shape index (κ2) is 3.66. The molecule has 0 aromatic heterocycles. The molecule has 1 aliphatic rings. The Kier molecular flexibility index (Phi) is 3.00. The van der Waals surface area contributed by atoms with Gasteiger partial charge in [0, 0.05) is 0 Å². The highest BCUT2D eigenvalue weighted by Crippen LogP contribution is 2.22. The Balaban J connectivity index is 2.63. The lowest BCUT2D eigenvalue weighted by molar-refractivity contribution is -0.205. The lowest BCUT2D eigenvalue weighted by Crippen LogP contribution is -2.55. The molecule has 1 heterocycles. The van der Waals surface area contributed by atoms with Gasteiger partial charge in [0.1, 0.15) is 18.3 Å². The third-order valence-electron chi connectivity index (χ3n) is 2.08. The van der Waals surface area contributed by atoms with Crippen molar-refractivity contribution in [3.8, 4) is 0 Å². The number of rotatable bonds is 1. The van der Waals surface area contributed by atoms with Gasteiger partial charge in [0.25, 0.3) is 0 Å². The number of aliphatic hydroxyl groups excluding tert-OH is 3. The van der Waals surface area contributed by atoms with Crippen LogP contribution in [0, 0.1) is 0 Å². The van der Waals surface area contributed by atoms with Crippen LogP contribution in [0.3, 0.4) is 0 Å². The minimum absolute atomic E-state index is 0.491. The molecular weight excluding hydrogens is 167 g/mol. The van der Waals surface area contributed by atoms with Gasteiger partial charge in [-0.3, -0.25) is 0 Å². The molecule has 12 heavy (non-hydrogen) atoms. The Bertz CT molecular complexity index is 150. The van der Waals surface area contributed by atoms with Crippen molar-refractivity contribution in [1.82, 2.24) is 0 Å². The van der Waals surface area contributed by atoms with Crippen LogP contribution in [-0.2, 0) is 4.74 Å². The predicted molar refractivity (Wildman–Crippen MR) is 38.3 cm³/mol. The van der Waals surface area contributed by atoms with Crippen molar-refractivity contribution in [2.75, 3.05) is 6.61 Å². The zero-order chi connectivity index (χ0) is 9.30. The fourth-order valence-corrected chi connectivity index (χ4v) is 1.26. The lowest BCUT2D eigenvalue weighted by Gasteiger charge is -2.37. The van der Waals surface area contributed by atoms with Crippen molar-refractivity contribution in [1.29, 1.82) is 0 Å². The van der Waals surface area contributed by atoms with Crippen LogP contribution in [0.2, 0.25) is 0 Å². The number of hydrogen-bond acceptors (Lipinski definition) is 4. The zero-order valence-electron chi connectivity index (χ0n) is 6.72. The molecule has 0 saturated carbocycles. The van der Waals surface area contributed by atoms with Crippen LogP contribution in [0.15, 0.2) is 0 Å². The summed E-state index contributed by atoms with van der Waals surface area (Å²) in [5, 5.41) is 26.9. The highest BCUT2D eigenvalue weighted by Gasteiger charge is 2.42. The number of halogens is 1. The van der Waals surface area contributed by atoms with Gasteiger partial charge in [-0.2, -0.15) is 0 Å². The first-order chi connectivity index (χ1) is 5.57. The molecule has 5 heteroatoms. The Hall–Kier alpha value is -0.230. The number of ether oxygens (including phenoxy) is 1. The number of aliphatic hydroxyl groups is 3. The second-order valence-corrected chi connectivity index (χ2v) is 2.99. The summed E-state index contributed by atoms with van der Waals surface area (Å²) >= 11 is 0. The van der Waals surface area contributed by atoms with E-state index in [1.54, 1.807) is 0 Å². The summed E-state index contributed by atoms with van der Waals surface area (Å²) in [7, 11) is 0. The first kappa shape index (κ1) is 9.85. The fourth-order valence-electron chi connectivity index (χ4n) is 1.26. The highest BCUT2D eigenvalue weighted by molar-refractivity contribution is 4.90. The molecule has 0 amide bonds. The van der Waals surface area contributed by atoms with Crippen LogP contribution in [0.1, 0.15) is 6.92 Å². The van der Waals surface area contributed by atoms with Crippen molar-refractivity contribution < 1.29 is 24.4 Å². The highest BCUT2D eigenvalue weighted by atomic mass is 19.1. The van der Waals surface area contributed by atoms with E-state index in [9.17, 15) is 4.39 Å². The van der Waals surface area contributed by atoms with Gasteiger partial charge < -0.3 is 20.1 Å². The van der Waals surface area contributed by atoms with Crippen LogP contribution in [0.5, 0.6) is 0 Å². The van der Waals surface area contributed by atoms with Crippen LogP contribution < -0.4 is 0 Å². The Morgan fingerprint density at radius 1 is 1.33 bits per heavy atom. The van der Waals surface area contributed by atoms with E-state index in [4.69, 9.17) is 20.1 Å². The van der Waals surface area contributed by atoms with Gasteiger partial charge in [0.2, 0.25) is 0 Å². The monoisotopic (exact) mass is 180 g/mol. The topological polar surface area (TPSA) is 69.9 Å². The maximum Gasteiger partial charge on any atom is 0.157 e. The van der Waals surface area contributed by atoms with Gasteiger partial charge in [-0.15, -0.1) is 0 Å². The summed E-state index contributed by atoms with van der Waals surface area (Å²) < 4.78 is 17.9. The molecule has 0 aromatic carbocycles. The second-order valence-electron chi connectivity index (χ2n) is 2.99. The number of hydrogen-bond donors (Lipinski definition) is 3. The van der Waals surface area contributed by atoms with E-state index in [1.165, 1.54) is 6.92 Å². The van der Waals surface area contributed by atoms with Crippen molar-refractivity contribution in [3.05, 3.63) is 0 Å². The molecule has 3 N–H and O–H groups in total. The van der Waals surface area contributed by atoms with Gasteiger partial charge in [-0.05, 0) is 6.92 Å². The van der Waals surface area contributed by atoms with Crippen molar-refractivity contribution >= 4 is 0 Å². The van der Waals surface area contributed by atoms with Gasteiger partial charge in [0.15, 0.2) is 6.17 Å². The van der Waals surface area contributed by atoms with Crippen molar-refractivity contribution in [2.45, 2.75) is 37.5 Å². The summed E-state index contributed by atoms with van der Waals surface area (Å²) in [6.07, 6.45) is -6.09. The zero-order valence-corrected chi connectivity index (χ0v) is 6.72. The number of alkyl halides is 1. The molecule has 0 aliphatic carbocycles. The molecule has 72 valence electrons. The van der Waals surface area contributed by atoms with Gasteiger partial charge in [-0.1, -0.05) is 0 Å². The van der Waals surface area contributed by atoms with Crippen LogP contribution in [0.25, 0.3) is 0 Å². The van der Waals surface area contributed by atoms with Crippen molar-refractivity contribution in [2.24, 2.45) is 0 Å². The van der Waals surface area contributed by atoms with Gasteiger partial charge in [0.05, 0.1) is 12.7 Å². The minimum Gasteiger partial charge on any atom is -0.394 e. The molecule has 0 aromatic rings. The van der Waals surface area contributed by atoms with E-state index in [0.717, 1.165) is 0 Å². The van der Waals surface area contributed by atoms with E-state index in [0.29, 0.717) is 0 Å². The van der Waals surface area contributed by atoms with Gasteiger partial charge in [-0.25, -0.2) is 4.39 Å². The third kappa shape index (κ3) is 1.59. The molecule has 4 nitrogen and oxygen atoms in total. The maximum atomic E-state index is 13.0. The molecule has 1 fully saturated rings. The summed E-state index contributed by atoms with van der Waals surface area (Å²) in [5.41, 5.74) is 0. The largest absolute Gasteiger partial charge is 0.394 e. The standard InChI is InChI=1S/C7H13FO4/c1-3-6(10)7(11)5(8)4(2-9)12-3/h3-7,9-11H,2H2,1H3/t3?,4-,5?,6+,7?/m1/s1. The first-order valence-electron chi connectivity index (χ1n) is 3.84. The van der Waals surface area contributed by atoms with Crippen LogP contribution in [0.4, 0.5) is 4.39 Å². The molecule has 0 spiro atoms. The lowest BCUT2D eigenvalue weighted by atomic mass is 9.97. The third-order valence-corrected chi connectivity index (χ3v) is 2.08. The molecule has 5 atom stereocenters. The van der Waals surface area contributed by atoms with E-state index >= 15 is 0 Å². The fraction of sp³-hybridized carbons (Fsp3) is 1.00. The Morgan fingerprint density at radius 3 is 2.42 bits per heavy atom. The SMILES string of the molecule is CC1O[C@H](CO)C(F)C(O)[C@H]1O. The van der Waals surface area contributed by atoms with Crippen LogP contribution >= 0.6 is 0 Å². The molecular formula is C7H13FO4. The summed E-state index contributed by atoms with van der Waals surface area (Å²) in [6.45, 7) is 1.03. The first-order valence-corrected chi connectivity index (χ1v) is 3.84. The quantitative estimate of drug-likeness (QED) is 0.475. The van der Waals surface area contributed by atoms with E-state index < -0.39 is 37.2 Å².